The van der Waals surface area contributed by atoms with E-state index in [-0.39, 0.29) is 18.1 Å². The molecule has 0 bridgehead atoms. The first-order chi connectivity index (χ1) is 17.1. The third-order valence-electron chi connectivity index (χ3n) is 5.01. The topological polar surface area (TPSA) is 114 Å². The molecule has 1 aliphatic rings. The minimum Gasteiger partial charge on any atom is -0.487 e. The number of likely N-dealkylation sites (N-methyl/N-ethyl adjacent to an activating group) is 1. The molecule has 2 amide bonds. The van der Waals surface area contributed by atoms with Crippen LogP contribution in [-0.4, -0.2) is 52.2 Å². The molecule has 0 radical (unpaired) electrons. The highest BCUT2D eigenvalue weighted by atomic mass is 19.1. The molecule has 0 saturated heterocycles. The van der Waals surface area contributed by atoms with Gasteiger partial charge in [0.05, 0.1) is 0 Å². The summed E-state index contributed by atoms with van der Waals surface area (Å²) < 4.78 is 24.5. The monoisotopic (exact) mass is 490 g/mol. The lowest BCUT2D eigenvalue weighted by Crippen LogP contribution is -2.49. The summed E-state index contributed by atoms with van der Waals surface area (Å²) in [5.74, 6) is 5.29. The van der Waals surface area contributed by atoms with Gasteiger partial charge in [-0.3, -0.25) is 19.5 Å². The Morgan fingerprint density at radius 1 is 1.22 bits per heavy atom. The lowest BCUT2D eigenvalue weighted by molar-refractivity contribution is -0.120. The summed E-state index contributed by atoms with van der Waals surface area (Å²) in [6, 6.07) is 10.6. The van der Waals surface area contributed by atoms with E-state index in [9.17, 15) is 19.1 Å². The zero-order valence-corrected chi connectivity index (χ0v) is 19.8. The molecular formula is C26H23FN4O5. The Labute approximate surface area is 206 Å². The highest BCUT2D eigenvalue weighted by Gasteiger charge is 2.32. The maximum atomic E-state index is 13.1. The van der Waals surface area contributed by atoms with Crippen LogP contribution in [0.25, 0.3) is 0 Å². The fraction of sp³-hybridized carbons (Fsp3) is 0.231. The molecule has 0 saturated carbocycles. The summed E-state index contributed by atoms with van der Waals surface area (Å²) in [7, 11) is 1.52. The number of rotatable bonds is 4. The molecule has 184 valence electrons. The van der Waals surface area contributed by atoms with E-state index in [1.165, 1.54) is 48.5 Å². The van der Waals surface area contributed by atoms with Crippen LogP contribution in [0, 0.1) is 17.7 Å². The smallest absolute Gasteiger partial charge is 0.270 e. The van der Waals surface area contributed by atoms with Gasteiger partial charge in [-0.2, -0.15) is 0 Å². The molecule has 1 aliphatic heterocycles. The summed E-state index contributed by atoms with van der Waals surface area (Å²) >= 11 is 0. The molecule has 0 spiro atoms. The number of anilines is 1. The van der Waals surface area contributed by atoms with E-state index in [1.807, 2.05) is 0 Å². The van der Waals surface area contributed by atoms with Crippen molar-refractivity contribution in [3.8, 4) is 29.1 Å². The highest BCUT2D eigenvalue weighted by molar-refractivity contribution is 6.02. The third kappa shape index (κ3) is 5.95. The van der Waals surface area contributed by atoms with Crippen molar-refractivity contribution < 1.29 is 28.6 Å². The van der Waals surface area contributed by atoms with E-state index in [1.54, 1.807) is 32.0 Å². The lowest BCUT2D eigenvalue weighted by Gasteiger charge is -2.19. The Balaban J connectivity index is 1.48. The molecule has 3 heterocycles. The largest absolute Gasteiger partial charge is 0.487 e. The summed E-state index contributed by atoms with van der Waals surface area (Å²) in [5, 5.41) is 12.4. The number of hydrogen-bond acceptors (Lipinski definition) is 7. The molecule has 9 nitrogen and oxygen atoms in total. The van der Waals surface area contributed by atoms with Crippen LogP contribution in [0.1, 0.15) is 30.0 Å². The first-order valence-corrected chi connectivity index (χ1v) is 11.0. The summed E-state index contributed by atoms with van der Waals surface area (Å²) in [6.45, 7) is 2.98. The predicted molar refractivity (Wildman–Crippen MR) is 128 cm³/mol. The SMILES string of the molecule is CN1C(=O)C(NC(=O)c2cc(Oc3ccc(F)cc3)ccn2)COc2ccc(C#CC(C)(C)O)nc21. The van der Waals surface area contributed by atoms with Crippen molar-refractivity contribution in [3.63, 3.8) is 0 Å². The average Bonchev–Trinajstić information content (AvgIpc) is 2.96. The van der Waals surface area contributed by atoms with Gasteiger partial charge in [0.1, 0.15) is 47.0 Å². The second kappa shape index (κ2) is 10.0. The van der Waals surface area contributed by atoms with Gasteiger partial charge in [-0.1, -0.05) is 5.92 Å². The van der Waals surface area contributed by atoms with Gasteiger partial charge >= 0.3 is 0 Å². The molecule has 0 fully saturated rings. The number of benzene rings is 1. The number of nitrogens with one attached hydrogen (secondary N) is 1. The maximum absolute atomic E-state index is 13.1. The van der Waals surface area contributed by atoms with Crippen molar-refractivity contribution in [1.29, 1.82) is 0 Å². The van der Waals surface area contributed by atoms with Gasteiger partial charge in [-0.15, -0.1) is 0 Å². The van der Waals surface area contributed by atoms with Crippen LogP contribution >= 0.6 is 0 Å². The number of ether oxygens (including phenoxy) is 2. The average molecular weight is 490 g/mol. The quantitative estimate of drug-likeness (QED) is 0.541. The Kier molecular flexibility index (Phi) is 6.85. The van der Waals surface area contributed by atoms with Crippen molar-refractivity contribution in [2.24, 2.45) is 0 Å². The van der Waals surface area contributed by atoms with Crippen LogP contribution in [0.15, 0.2) is 54.7 Å². The van der Waals surface area contributed by atoms with Gasteiger partial charge < -0.3 is 19.9 Å². The van der Waals surface area contributed by atoms with Crippen LogP contribution < -0.4 is 19.7 Å². The number of nitrogens with zero attached hydrogens (tertiary/aromatic N) is 3. The molecular weight excluding hydrogens is 467 g/mol. The zero-order valence-electron chi connectivity index (χ0n) is 19.8. The molecule has 2 N–H and O–H groups in total. The van der Waals surface area contributed by atoms with Crippen molar-refractivity contribution in [2.45, 2.75) is 25.5 Å². The summed E-state index contributed by atoms with van der Waals surface area (Å²) in [4.78, 5) is 35.7. The number of carbonyl (C=O) groups is 2. The number of fused-ring (bicyclic) bond motifs is 1. The number of pyridine rings is 2. The number of halogens is 1. The van der Waals surface area contributed by atoms with Crippen LogP contribution in [0.5, 0.6) is 17.2 Å². The van der Waals surface area contributed by atoms with Gasteiger partial charge in [-0.05, 0) is 62.2 Å². The minimum atomic E-state index is -1.20. The maximum Gasteiger partial charge on any atom is 0.270 e. The van der Waals surface area contributed by atoms with Gasteiger partial charge in [0, 0.05) is 19.3 Å². The van der Waals surface area contributed by atoms with Gasteiger partial charge in [0.2, 0.25) is 0 Å². The van der Waals surface area contributed by atoms with Crippen LogP contribution in [0.2, 0.25) is 0 Å². The molecule has 1 aromatic carbocycles. The van der Waals surface area contributed by atoms with E-state index in [2.05, 4.69) is 27.1 Å². The highest BCUT2D eigenvalue weighted by Crippen LogP contribution is 2.29. The number of aromatic nitrogens is 2. The van der Waals surface area contributed by atoms with E-state index in [4.69, 9.17) is 9.47 Å². The van der Waals surface area contributed by atoms with Gasteiger partial charge in [0.25, 0.3) is 11.8 Å². The predicted octanol–water partition coefficient (Wildman–Crippen LogP) is 2.68. The molecule has 3 aromatic rings. The van der Waals surface area contributed by atoms with Crippen molar-refractivity contribution in [2.75, 3.05) is 18.6 Å². The van der Waals surface area contributed by atoms with E-state index >= 15 is 0 Å². The fourth-order valence-electron chi connectivity index (χ4n) is 3.23. The Morgan fingerprint density at radius 2 is 1.97 bits per heavy atom. The number of amides is 2. The molecule has 4 rings (SSSR count). The standard InChI is InChI=1S/C26H23FN4O5/c1-26(2,34)12-10-17-6-9-22-23(29-17)31(3)25(33)21(15-35-22)30-24(32)20-14-19(11-13-28-20)36-18-7-4-16(27)5-8-18/h4-9,11,13-14,21,34H,15H2,1-3H3,(H,30,32). The third-order valence-corrected chi connectivity index (χ3v) is 5.01. The van der Waals surface area contributed by atoms with Crippen molar-refractivity contribution in [1.82, 2.24) is 15.3 Å². The van der Waals surface area contributed by atoms with E-state index < -0.39 is 29.3 Å². The van der Waals surface area contributed by atoms with E-state index in [0.717, 1.165) is 0 Å². The normalized spacial score (nSPS) is 15.1. The van der Waals surface area contributed by atoms with Crippen molar-refractivity contribution >= 4 is 17.6 Å². The molecule has 0 aliphatic carbocycles. The van der Waals surface area contributed by atoms with Crippen LogP contribution in [0.4, 0.5) is 10.2 Å². The molecule has 10 heteroatoms. The fourth-order valence-corrected chi connectivity index (χ4v) is 3.23. The zero-order chi connectivity index (χ0) is 25.9. The Morgan fingerprint density at radius 3 is 2.69 bits per heavy atom. The second-order valence-electron chi connectivity index (χ2n) is 8.49. The Bertz CT molecular complexity index is 1360. The van der Waals surface area contributed by atoms with Crippen LogP contribution in [-0.2, 0) is 4.79 Å². The Hall–Kier alpha value is -4.49. The second-order valence-corrected chi connectivity index (χ2v) is 8.49. The lowest BCUT2D eigenvalue weighted by atomic mass is 10.1. The summed E-state index contributed by atoms with van der Waals surface area (Å²) in [5.41, 5.74) is -0.824. The van der Waals surface area contributed by atoms with Crippen molar-refractivity contribution in [3.05, 3.63) is 71.9 Å². The minimum absolute atomic E-state index is 0.0223. The number of aliphatic hydroxyl groups is 1. The molecule has 1 atom stereocenters. The number of hydrogen-bond donors (Lipinski definition) is 2. The molecule has 2 aromatic heterocycles. The van der Waals surface area contributed by atoms with Gasteiger partial charge in [-0.25, -0.2) is 9.37 Å². The van der Waals surface area contributed by atoms with E-state index in [0.29, 0.717) is 22.9 Å². The van der Waals surface area contributed by atoms with Gasteiger partial charge in [0.15, 0.2) is 11.6 Å². The first kappa shape index (κ1) is 24.6. The molecule has 36 heavy (non-hydrogen) atoms. The number of carbonyl (C=O) groups excluding carboxylic acids is 2. The first-order valence-electron chi connectivity index (χ1n) is 11.0. The van der Waals surface area contributed by atoms with Crippen LogP contribution in [0.3, 0.4) is 0 Å². The molecule has 1 unspecified atom stereocenters. The summed E-state index contributed by atoms with van der Waals surface area (Å²) in [6.07, 6.45) is 1.39.